The van der Waals surface area contributed by atoms with Gasteiger partial charge in [0.05, 0.1) is 0 Å². The van der Waals surface area contributed by atoms with Gasteiger partial charge in [0.15, 0.2) is 0 Å². The molecule has 0 aromatic heterocycles. The van der Waals surface area contributed by atoms with E-state index in [-0.39, 0.29) is 0 Å². The molecule has 1 unspecified atom stereocenters. The molecule has 2 rings (SSSR count). The molecule has 1 heterocycles. The summed E-state index contributed by atoms with van der Waals surface area (Å²) in [6, 6.07) is 0. The quantitative estimate of drug-likeness (QED) is 0.500. The normalized spacial score (nSPS) is 30.1. The van der Waals surface area contributed by atoms with Crippen molar-refractivity contribution in [2.24, 2.45) is 0 Å². The van der Waals surface area contributed by atoms with Crippen LogP contribution in [-0.2, 0) is 0 Å². The van der Waals surface area contributed by atoms with Crippen molar-refractivity contribution >= 4 is 15.0 Å². The second-order valence-electron chi connectivity index (χ2n) is 2.23. The van der Waals surface area contributed by atoms with Gasteiger partial charge in [-0.05, 0) is 0 Å². The van der Waals surface area contributed by atoms with Gasteiger partial charge >= 0.3 is 61.0 Å². The van der Waals surface area contributed by atoms with Crippen LogP contribution in [0.5, 0.6) is 0 Å². The fraction of sp³-hybridized carbons (Fsp3) is 0.250. The monoisotopic (exact) mass is 183 g/mol. The van der Waals surface area contributed by atoms with Crippen LogP contribution in [-0.4, -0.2) is 15.0 Å². The summed E-state index contributed by atoms with van der Waals surface area (Å²) in [5, 5.41) is 0. The molecule has 9 heavy (non-hydrogen) atoms. The molecule has 45 valence electrons. The molecule has 0 nitrogen and oxygen atoms in total. The van der Waals surface area contributed by atoms with Crippen molar-refractivity contribution in [1.82, 2.24) is 0 Å². The molecule has 0 saturated carbocycles. The van der Waals surface area contributed by atoms with Crippen LogP contribution in [0, 0.1) is 6.08 Å². The average molecular weight is 182 g/mol. The zero-order valence-electron chi connectivity index (χ0n) is 5.22. The second kappa shape index (κ2) is 1.86. The first kappa shape index (κ1) is 5.52. The molecule has 1 heteroatoms. The summed E-state index contributed by atoms with van der Waals surface area (Å²) in [5.74, 6) is 0. The van der Waals surface area contributed by atoms with E-state index < -0.39 is 0 Å². The fourth-order valence-corrected chi connectivity index (χ4v) is 3.18. The summed E-state index contributed by atoms with van der Waals surface area (Å²) >= 11 is 0.679. The topological polar surface area (TPSA) is 0 Å². The van der Waals surface area contributed by atoms with E-state index in [0.29, 0.717) is 15.0 Å². The Morgan fingerprint density at radius 2 is 2.56 bits per heavy atom. The van der Waals surface area contributed by atoms with Crippen molar-refractivity contribution in [3.8, 4) is 0 Å². The maximum atomic E-state index is 3.36. The fourth-order valence-electron chi connectivity index (χ4n) is 1.10. The van der Waals surface area contributed by atoms with Crippen LogP contribution < -0.4 is 0 Å². The van der Waals surface area contributed by atoms with E-state index in [2.05, 4.69) is 31.2 Å². The van der Waals surface area contributed by atoms with E-state index >= 15 is 0 Å². The Kier molecular flexibility index (Phi) is 1.14. The van der Waals surface area contributed by atoms with Crippen molar-refractivity contribution in [2.45, 2.75) is 11.7 Å². The van der Waals surface area contributed by atoms with Gasteiger partial charge in [-0.1, -0.05) is 0 Å². The van der Waals surface area contributed by atoms with Gasteiger partial charge in [-0.2, -0.15) is 0 Å². The molecule has 1 radical (unpaired) electrons. The molecule has 0 aromatic rings. The Hall–Kier alpha value is -0.261. The molecule has 0 spiro atoms. The molecule has 2 aliphatic rings. The molecule has 1 atom stereocenters. The molecule has 0 amide bonds. The van der Waals surface area contributed by atoms with Crippen LogP contribution in [0.3, 0.4) is 0 Å². The molecule has 0 saturated heterocycles. The van der Waals surface area contributed by atoms with Gasteiger partial charge in [0.1, 0.15) is 0 Å². The van der Waals surface area contributed by atoms with E-state index in [1.807, 2.05) is 0 Å². The van der Waals surface area contributed by atoms with Crippen molar-refractivity contribution in [1.29, 1.82) is 0 Å². The standard InChI is InChI=1S/C8H7Se/c1-6-5-7-3-2-4-8(7)9-6/h2-4,8H,1H3. The molecule has 0 fully saturated rings. The number of fused-ring (bicyclic) bond motifs is 1. The summed E-state index contributed by atoms with van der Waals surface area (Å²) in [5.41, 5.74) is 1.41. The third-order valence-corrected chi connectivity index (χ3v) is 3.84. The first-order valence-electron chi connectivity index (χ1n) is 3.02. The third-order valence-electron chi connectivity index (χ3n) is 1.49. The van der Waals surface area contributed by atoms with E-state index in [0.717, 1.165) is 4.82 Å². The van der Waals surface area contributed by atoms with E-state index in [1.54, 1.807) is 0 Å². The van der Waals surface area contributed by atoms with Gasteiger partial charge in [0.2, 0.25) is 0 Å². The minimum absolute atomic E-state index is 0.679. The van der Waals surface area contributed by atoms with Crippen LogP contribution >= 0.6 is 0 Å². The van der Waals surface area contributed by atoms with Crippen LogP contribution in [0.4, 0.5) is 0 Å². The molecular weight excluding hydrogens is 175 g/mol. The summed E-state index contributed by atoms with van der Waals surface area (Å²) in [6.45, 7) is 2.17. The number of hydrogen-bond acceptors (Lipinski definition) is 0. The number of allylic oxidation sites excluding steroid dienone is 6. The van der Waals surface area contributed by atoms with Crippen molar-refractivity contribution in [3.63, 3.8) is 0 Å². The number of hydrogen-bond donors (Lipinski definition) is 0. The summed E-state index contributed by atoms with van der Waals surface area (Å²) in [6.07, 6.45) is 9.95. The zero-order valence-corrected chi connectivity index (χ0v) is 6.93. The summed E-state index contributed by atoms with van der Waals surface area (Å²) in [7, 11) is 0. The Morgan fingerprint density at radius 3 is 3.33 bits per heavy atom. The van der Waals surface area contributed by atoms with Gasteiger partial charge < -0.3 is 0 Å². The Balaban J connectivity index is 2.35. The maximum absolute atomic E-state index is 3.36. The Morgan fingerprint density at radius 1 is 1.67 bits per heavy atom. The molecule has 1 aliphatic carbocycles. The van der Waals surface area contributed by atoms with Gasteiger partial charge in [-0.25, -0.2) is 0 Å². The SMILES string of the molecule is CC1=[C]C2=CC=CC2[Se]1. The van der Waals surface area contributed by atoms with Crippen molar-refractivity contribution in [2.75, 3.05) is 0 Å². The molecule has 0 bridgehead atoms. The number of rotatable bonds is 0. The Labute approximate surface area is 61.5 Å². The van der Waals surface area contributed by atoms with Gasteiger partial charge in [-0.15, -0.1) is 0 Å². The van der Waals surface area contributed by atoms with Crippen LogP contribution in [0.15, 0.2) is 28.3 Å². The zero-order chi connectivity index (χ0) is 6.27. The van der Waals surface area contributed by atoms with Crippen LogP contribution in [0.25, 0.3) is 0 Å². The average Bonchev–Trinajstić information content (AvgIpc) is 2.22. The third kappa shape index (κ3) is 0.810. The van der Waals surface area contributed by atoms with Gasteiger partial charge in [-0.3, -0.25) is 0 Å². The summed E-state index contributed by atoms with van der Waals surface area (Å²) in [4.78, 5) is 0.748. The first-order valence-corrected chi connectivity index (χ1v) is 4.86. The molecular formula is C8H7Se. The minimum atomic E-state index is 0.679. The van der Waals surface area contributed by atoms with Crippen molar-refractivity contribution < 1.29 is 0 Å². The van der Waals surface area contributed by atoms with E-state index in [4.69, 9.17) is 0 Å². The van der Waals surface area contributed by atoms with Crippen molar-refractivity contribution in [3.05, 3.63) is 34.3 Å². The van der Waals surface area contributed by atoms with E-state index in [1.165, 1.54) is 10.0 Å². The summed E-state index contributed by atoms with van der Waals surface area (Å²) < 4.78 is 1.46. The van der Waals surface area contributed by atoms with Gasteiger partial charge in [0.25, 0.3) is 0 Å². The molecule has 1 aliphatic heterocycles. The van der Waals surface area contributed by atoms with Crippen LogP contribution in [0.2, 0.25) is 4.82 Å². The Bertz CT molecular complexity index is 218. The molecule has 0 aromatic carbocycles. The predicted octanol–water partition coefficient (Wildman–Crippen LogP) is 1.70. The second-order valence-corrected chi connectivity index (χ2v) is 5.07. The van der Waals surface area contributed by atoms with E-state index in [9.17, 15) is 0 Å². The molecule has 0 N–H and O–H groups in total. The van der Waals surface area contributed by atoms with Crippen LogP contribution in [0.1, 0.15) is 6.92 Å². The van der Waals surface area contributed by atoms with Gasteiger partial charge in [0, 0.05) is 0 Å². The predicted molar refractivity (Wildman–Crippen MR) is 39.2 cm³/mol. The first-order chi connectivity index (χ1) is 4.36.